The lowest BCUT2D eigenvalue weighted by molar-refractivity contribution is 0.200. The van der Waals surface area contributed by atoms with E-state index >= 15 is 0 Å². The molecule has 108 valence electrons. The van der Waals surface area contributed by atoms with Crippen molar-refractivity contribution < 1.29 is 13.7 Å². The topological polar surface area (TPSA) is 61.5 Å². The van der Waals surface area contributed by atoms with Gasteiger partial charge in [0.1, 0.15) is 5.75 Å². The normalized spacial score (nSPS) is 12.3. The summed E-state index contributed by atoms with van der Waals surface area (Å²) in [5, 5.41) is 0. The maximum atomic E-state index is 11.6. The average molecular weight is 285 g/mol. The van der Waals surface area contributed by atoms with Crippen LogP contribution >= 0.6 is 0 Å². The van der Waals surface area contributed by atoms with E-state index in [1.54, 1.807) is 7.11 Å². The molecule has 0 aliphatic rings. The van der Waals surface area contributed by atoms with Crippen LogP contribution in [0.15, 0.2) is 24.3 Å². The Morgan fingerprint density at radius 2 is 1.74 bits per heavy atom. The van der Waals surface area contributed by atoms with Gasteiger partial charge in [-0.05, 0) is 30.5 Å². The first-order valence-electron chi connectivity index (χ1n) is 6.52. The summed E-state index contributed by atoms with van der Waals surface area (Å²) in [4.78, 5) is 0. The minimum absolute atomic E-state index is 0.542. The summed E-state index contributed by atoms with van der Waals surface area (Å²) in [5.74, 6) is 2.23. The summed E-state index contributed by atoms with van der Waals surface area (Å²) in [7, 11) is 0.898. The Hall–Kier alpha value is -0.910. The van der Waals surface area contributed by atoms with Gasteiger partial charge in [0, 0.05) is 42.6 Å². The molecule has 0 spiro atoms. The molecule has 0 aliphatic carbocycles. The van der Waals surface area contributed by atoms with Crippen LogP contribution in [0.5, 0.6) is 5.75 Å². The summed E-state index contributed by atoms with van der Waals surface area (Å²) in [6, 6.07) is 7.74. The second-order valence-corrected chi connectivity index (χ2v) is 5.94. The lowest BCUT2D eigenvalue weighted by Crippen LogP contribution is -2.08. The monoisotopic (exact) mass is 285 g/mol. The van der Waals surface area contributed by atoms with Crippen LogP contribution in [0.2, 0.25) is 0 Å². The van der Waals surface area contributed by atoms with Crippen molar-refractivity contribution >= 4 is 10.8 Å². The van der Waals surface area contributed by atoms with E-state index in [4.69, 9.17) is 15.2 Å². The smallest absolute Gasteiger partial charge is 0.119 e. The summed E-state index contributed by atoms with van der Waals surface area (Å²) >= 11 is 0. The highest BCUT2D eigenvalue weighted by Gasteiger charge is 2.00. The highest BCUT2D eigenvalue weighted by atomic mass is 32.2. The molecule has 0 radical (unpaired) electrons. The van der Waals surface area contributed by atoms with Crippen LogP contribution in [0, 0.1) is 0 Å². The lowest BCUT2D eigenvalue weighted by atomic mass is 10.2. The summed E-state index contributed by atoms with van der Waals surface area (Å²) in [5.41, 5.74) is 6.61. The molecule has 4 nitrogen and oxygen atoms in total. The predicted molar refractivity (Wildman–Crippen MR) is 78.8 cm³/mol. The molecule has 0 aliphatic heterocycles. The second-order valence-electron chi connectivity index (χ2n) is 4.24. The first-order valence-corrected chi connectivity index (χ1v) is 8.00. The fourth-order valence-corrected chi connectivity index (χ4v) is 2.68. The molecule has 0 amide bonds. The Morgan fingerprint density at radius 3 is 2.32 bits per heavy atom. The van der Waals surface area contributed by atoms with Gasteiger partial charge in [0.25, 0.3) is 0 Å². The van der Waals surface area contributed by atoms with Crippen molar-refractivity contribution in [3.63, 3.8) is 0 Å². The zero-order chi connectivity index (χ0) is 13.9. The van der Waals surface area contributed by atoms with Crippen molar-refractivity contribution in [3.05, 3.63) is 29.8 Å². The SMILES string of the molecule is COCCCS(=O)CCCOc1ccc(CN)cc1. The van der Waals surface area contributed by atoms with E-state index in [1.807, 2.05) is 24.3 Å². The number of nitrogens with two attached hydrogens (primary N) is 1. The third-order valence-electron chi connectivity index (χ3n) is 2.66. The number of ether oxygens (including phenoxy) is 2. The molecule has 0 saturated heterocycles. The van der Waals surface area contributed by atoms with Gasteiger partial charge in [-0.2, -0.15) is 0 Å². The predicted octanol–water partition coefficient (Wildman–Crippen LogP) is 1.70. The van der Waals surface area contributed by atoms with E-state index in [9.17, 15) is 4.21 Å². The summed E-state index contributed by atoms with van der Waals surface area (Å²) in [6.45, 7) is 1.81. The van der Waals surface area contributed by atoms with E-state index in [0.29, 0.717) is 31.3 Å². The molecule has 0 fully saturated rings. The first-order chi connectivity index (χ1) is 9.26. The van der Waals surface area contributed by atoms with Crippen LogP contribution in [0.1, 0.15) is 18.4 Å². The van der Waals surface area contributed by atoms with Crippen LogP contribution in [0.4, 0.5) is 0 Å². The maximum absolute atomic E-state index is 11.6. The Labute approximate surface area is 117 Å². The van der Waals surface area contributed by atoms with Crippen LogP contribution in [-0.2, 0) is 22.1 Å². The first kappa shape index (κ1) is 16.1. The minimum atomic E-state index is -0.761. The van der Waals surface area contributed by atoms with Gasteiger partial charge in [0.15, 0.2) is 0 Å². The highest BCUT2D eigenvalue weighted by molar-refractivity contribution is 7.84. The molecule has 5 heteroatoms. The number of hydrogen-bond acceptors (Lipinski definition) is 4. The molecule has 1 rings (SSSR count). The maximum Gasteiger partial charge on any atom is 0.119 e. The van der Waals surface area contributed by atoms with Crippen LogP contribution < -0.4 is 10.5 Å². The third-order valence-corrected chi connectivity index (χ3v) is 4.15. The highest BCUT2D eigenvalue weighted by Crippen LogP contribution is 2.12. The van der Waals surface area contributed by atoms with Gasteiger partial charge in [-0.25, -0.2) is 0 Å². The van der Waals surface area contributed by atoms with E-state index in [2.05, 4.69) is 0 Å². The molecule has 0 heterocycles. The standard InChI is InChI=1S/C14H23NO3S/c1-17-8-2-10-19(16)11-3-9-18-14-6-4-13(12-15)5-7-14/h4-7H,2-3,8-12,15H2,1H3. The second kappa shape index (κ2) is 9.95. The third kappa shape index (κ3) is 7.30. The molecular formula is C14H23NO3S. The number of benzene rings is 1. The van der Waals surface area contributed by atoms with Crippen molar-refractivity contribution in [1.82, 2.24) is 0 Å². The summed E-state index contributed by atoms with van der Waals surface area (Å²) in [6.07, 6.45) is 1.66. The molecular weight excluding hydrogens is 262 g/mol. The van der Waals surface area contributed by atoms with Crippen molar-refractivity contribution in [3.8, 4) is 5.75 Å². The van der Waals surface area contributed by atoms with E-state index in [1.165, 1.54) is 0 Å². The minimum Gasteiger partial charge on any atom is -0.494 e. The van der Waals surface area contributed by atoms with Gasteiger partial charge < -0.3 is 15.2 Å². The zero-order valence-corrected chi connectivity index (χ0v) is 12.3. The Kier molecular flexibility index (Phi) is 8.45. The molecule has 19 heavy (non-hydrogen) atoms. The van der Waals surface area contributed by atoms with Gasteiger partial charge in [-0.3, -0.25) is 4.21 Å². The molecule has 2 N–H and O–H groups in total. The molecule has 0 bridgehead atoms. The van der Waals surface area contributed by atoms with Gasteiger partial charge in [-0.15, -0.1) is 0 Å². The van der Waals surface area contributed by atoms with E-state index in [-0.39, 0.29) is 0 Å². The van der Waals surface area contributed by atoms with E-state index in [0.717, 1.165) is 24.2 Å². The Bertz CT molecular complexity index is 367. The molecule has 1 aromatic rings. The van der Waals surface area contributed by atoms with Crippen LogP contribution in [-0.4, -0.2) is 36.0 Å². The fourth-order valence-electron chi connectivity index (χ4n) is 1.60. The summed E-state index contributed by atoms with van der Waals surface area (Å²) < 4.78 is 22.1. The van der Waals surface area contributed by atoms with Crippen LogP contribution in [0.3, 0.4) is 0 Å². The molecule has 0 saturated carbocycles. The van der Waals surface area contributed by atoms with Gasteiger partial charge in [0.05, 0.1) is 6.61 Å². The van der Waals surface area contributed by atoms with Gasteiger partial charge in [-0.1, -0.05) is 12.1 Å². The van der Waals surface area contributed by atoms with Crippen LogP contribution in [0.25, 0.3) is 0 Å². The van der Waals surface area contributed by atoms with Crippen molar-refractivity contribution in [2.45, 2.75) is 19.4 Å². The Balaban J connectivity index is 2.11. The molecule has 1 unspecified atom stereocenters. The van der Waals surface area contributed by atoms with E-state index < -0.39 is 10.8 Å². The largest absolute Gasteiger partial charge is 0.494 e. The number of hydrogen-bond donors (Lipinski definition) is 1. The fraction of sp³-hybridized carbons (Fsp3) is 0.571. The van der Waals surface area contributed by atoms with Crippen molar-refractivity contribution in [2.75, 3.05) is 31.8 Å². The zero-order valence-electron chi connectivity index (χ0n) is 11.5. The quantitative estimate of drug-likeness (QED) is 0.665. The molecule has 1 aromatic carbocycles. The molecule has 1 atom stereocenters. The van der Waals surface area contributed by atoms with Crippen molar-refractivity contribution in [1.29, 1.82) is 0 Å². The number of rotatable bonds is 10. The average Bonchev–Trinajstić information content (AvgIpc) is 2.44. The van der Waals surface area contributed by atoms with Gasteiger partial charge >= 0.3 is 0 Å². The van der Waals surface area contributed by atoms with Crippen molar-refractivity contribution in [2.24, 2.45) is 5.73 Å². The Morgan fingerprint density at radius 1 is 1.11 bits per heavy atom. The lowest BCUT2D eigenvalue weighted by Gasteiger charge is -2.07. The van der Waals surface area contributed by atoms with Gasteiger partial charge in [0.2, 0.25) is 0 Å². The number of methoxy groups -OCH3 is 1. The molecule has 0 aromatic heterocycles.